The summed E-state index contributed by atoms with van der Waals surface area (Å²) in [6, 6.07) is 0. The van der Waals surface area contributed by atoms with Gasteiger partial charge in [0.25, 0.3) is 0 Å². The Kier molecular flexibility index (Phi) is 2.12. The van der Waals surface area contributed by atoms with Gasteiger partial charge in [0.15, 0.2) is 0 Å². The Morgan fingerprint density at radius 3 is 2.93 bits per heavy atom. The zero-order valence-corrected chi connectivity index (χ0v) is 9.52. The van der Waals surface area contributed by atoms with Crippen molar-refractivity contribution in [3.63, 3.8) is 0 Å². The fourth-order valence-electron chi connectivity index (χ4n) is 3.20. The van der Waals surface area contributed by atoms with Crippen LogP contribution in [0.5, 0.6) is 0 Å². The maximum absolute atomic E-state index is 4.75. The van der Waals surface area contributed by atoms with Crippen molar-refractivity contribution in [3.05, 3.63) is 16.1 Å². The van der Waals surface area contributed by atoms with Gasteiger partial charge in [-0.1, -0.05) is 13.3 Å². The first kappa shape index (κ1) is 8.90. The molecular weight excluding hydrogens is 190 g/mol. The van der Waals surface area contributed by atoms with Crippen LogP contribution in [0.15, 0.2) is 5.38 Å². The number of thiazole rings is 1. The van der Waals surface area contributed by atoms with Crippen molar-refractivity contribution < 1.29 is 0 Å². The number of aromatic nitrogens is 1. The first-order valence-corrected chi connectivity index (χ1v) is 6.69. The van der Waals surface area contributed by atoms with Crippen molar-refractivity contribution >= 4 is 11.3 Å². The van der Waals surface area contributed by atoms with Crippen molar-refractivity contribution in [3.8, 4) is 0 Å². The fraction of sp³-hybridized carbons (Fsp3) is 0.750. The lowest BCUT2D eigenvalue weighted by Gasteiger charge is -2.18. The minimum Gasteiger partial charge on any atom is -0.246 e. The standard InChI is InChI=1S/C12H17NS/c1-2-10-7-14-12(13-10)11-6-8-3-4-9(11)5-8/h7-9,11H,2-6H2,1H3. The Morgan fingerprint density at radius 2 is 2.36 bits per heavy atom. The van der Waals surface area contributed by atoms with Crippen molar-refractivity contribution in [2.75, 3.05) is 0 Å². The first-order chi connectivity index (χ1) is 6.86. The van der Waals surface area contributed by atoms with Gasteiger partial charge in [0, 0.05) is 11.3 Å². The van der Waals surface area contributed by atoms with Crippen LogP contribution in [-0.4, -0.2) is 4.98 Å². The van der Waals surface area contributed by atoms with E-state index in [0.717, 1.165) is 24.2 Å². The molecule has 2 heteroatoms. The Balaban J connectivity index is 1.82. The molecule has 2 aliphatic carbocycles. The number of fused-ring (bicyclic) bond motifs is 2. The van der Waals surface area contributed by atoms with Crippen LogP contribution in [0.25, 0.3) is 0 Å². The number of hydrogen-bond acceptors (Lipinski definition) is 2. The molecule has 3 atom stereocenters. The molecule has 2 saturated carbocycles. The van der Waals surface area contributed by atoms with Gasteiger partial charge in [-0.15, -0.1) is 11.3 Å². The van der Waals surface area contributed by atoms with E-state index in [1.165, 1.54) is 36.4 Å². The van der Waals surface area contributed by atoms with Gasteiger partial charge in [-0.2, -0.15) is 0 Å². The van der Waals surface area contributed by atoms with Gasteiger partial charge in [-0.25, -0.2) is 4.98 Å². The molecule has 0 N–H and O–H groups in total. The summed E-state index contributed by atoms with van der Waals surface area (Å²) in [5, 5.41) is 3.69. The highest BCUT2D eigenvalue weighted by Crippen LogP contribution is 2.53. The molecular formula is C12H17NS. The number of aryl methyl sites for hydroxylation is 1. The van der Waals surface area contributed by atoms with E-state index in [1.807, 2.05) is 11.3 Å². The molecule has 2 bridgehead atoms. The van der Waals surface area contributed by atoms with Crippen LogP contribution in [0.3, 0.4) is 0 Å². The van der Waals surface area contributed by atoms with E-state index in [9.17, 15) is 0 Å². The third-order valence-corrected chi connectivity index (χ3v) is 5.01. The summed E-state index contributed by atoms with van der Waals surface area (Å²) in [5.74, 6) is 2.86. The molecule has 1 aromatic rings. The average Bonchev–Trinajstić information content (AvgIpc) is 2.93. The van der Waals surface area contributed by atoms with Gasteiger partial charge < -0.3 is 0 Å². The van der Waals surface area contributed by atoms with E-state index in [0.29, 0.717) is 0 Å². The Bertz CT molecular complexity index is 331. The summed E-state index contributed by atoms with van der Waals surface area (Å²) in [4.78, 5) is 4.75. The van der Waals surface area contributed by atoms with E-state index < -0.39 is 0 Å². The maximum Gasteiger partial charge on any atom is 0.0962 e. The Hall–Kier alpha value is -0.370. The van der Waals surface area contributed by atoms with Crippen molar-refractivity contribution in [1.29, 1.82) is 0 Å². The summed E-state index contributed by atoms with van der Waals surface area (Å²) in [5.41, 5.74) is 1.30. The zero-order chi connectivity index (χ0) is 9.54. The van der Waals surface area contributed by atoms with Gasteiger partial charge in [0.1, 0.15) is 0 Å². The van der Waals surface area contributed by atoms with Gasteiger partial charge in [0.2, 0.25) is 0 Å². The normalized spacial score (nSPS) is 35.4. The molecule has 3 unspecified atom stereocenters. The van der Waals surface area contributed by atoms with Gasteiger partial charge in [0.05, 0.1) is 10.7 Å². The molecule has 1 aromatic heterocycles. The summed E-state index contributed by atoms with van der Waals surface area (Å²) in [6.07, 6.45) is 6.98. The van der Waals surface area contributed by atoms with Crippen LogP contribution in [-0.2, 0) is 6.42 Å². The van der Waals surface area contributed by atoms with E-state index in [-0.39, 0.29) is 0 Å². The second kappa shape index (κ2) is 3.34. The molecule has 14 heavy (non-hydrogen) atoms. The molecule has 0 aliphatic heterocycles. The van der Waals surface area contributed by atoms with Crippen LogP contribution in [0, 0.1) is 11.8 Å². The SMILES string of the molecule is CCc1csc(C2CC3CCC2C3)n1. The van der Waals surface area contributed by atoms with Crippen molar-refractivity contribution in [2.45, 2.75) is 44.9 Å². The van der Waals surface area contributed by atoms with E-state index in [2.05, 4.69) is 12.3 Å². The quantitative estimate of drug-likeness (QED) is 0.722. The number of hydrogen-bond donors (Lipinski definition) is 0. The predicted molar refractivity (Wildman–Crippen MR) is 59.7 cm³/mol. The average molecular weight is 207 g/mol. The molecule has 0 aromatic carbocycles. The lowest BCUT2D eigenvalue weighted by atomic mass is 9.89. The van der Waals surface area contributed by atoms with E-state index in [4.69, 9.17) is 4.98 Å². The van der Waals surface area contributed by atoms with E-state index in [1.54, 1.807) is 0 Å². The van der Waals surface area contributed by atoms with Crippen LogP contribution >= 0.6 is 11.3 Å². The van der Waals surface area contributed by atoms with Crippen LogP contribution in [0.2, 0.25) is 0 Å². The number of rotatable bonds is 2. The molecule has 0 spiro atoms. The molecule has 3 rings (SSSR count). The largest absolute Gasteiger partial charge is 0.246 e. The molecule has 0 saturated heterocycles. The fourth-order valence-corrected chi connectivity index (χ4v) is 4.31. The zero-order valence-electron chi connectivity index (χ0n) is 8.70. The van der Waals surface area contributed by atoms with Crippen LogP contribution in [0.4, 0.5) is 0 Å². The topological polar surface area (TPSA) is 12.9 Å². The third kappa shape index (κ3) is 1.31. The molecule has 2 fully saturated rings. The summed E-state index contributed by atoms with van der Waals surface area (Å²) in [7, 11) is 0. The first-order valence-electron chi connectivity index (χ1n) is 5.81. The Morgan fingerprint density at radius 1 is 1.43 bits per heavy atom. The maximum atomic E-state index is 4.75. The monoisotopic (exact) mass is 207 g/mol. The van der Waals surface area contributed by atoms with Gasteiger partial charge >= 0.3 is 0 Å². The van der Waals surface area contributed by atoms with Crippen LogP contribution < -0.4 is 0 Å². The van der Waals surface area contributed by atoms with Gasteiger partial charge in [-0.05, 0) is 37.5 Å². The summed E-state index contributed by atoms with van der Waals surface area (Å²) >= 11 is 1.90. The molecule has 0 radical (unpaired) electrons. The highest BCUT2D eigenvalue weighted by molar-refractivity contribution is 7.09. The summed E-state index contributed by atoms with van der Waals surface area (Å²) < 4.78 is 0. The second-order valence-electron chi connectivity index (χ2n) is 4.81. The van der Waals surface area contributed by atoms with Gasteiger partial charge in [-0.3, -0.25) is 0 Å². The Labute approximate surface area is 89.6 Å². The minimum atomic E-state index is 0.832. The molecule has 0 amide bonds. The molecule has 1 nitrogen and oxygen atoms in total. The second-order valence-corrected chi connectivity index (χ2v) is 5.70. The molecule has 1 heterocycles. The third-order valence-electron chi connectivity index (χ3n) is 3.99. The molecule has 2 aliphatic rings. The van der Waals surface area contributed by atoms with Crippen molar-refractivity contribution in [1.82, 2.24) is 4.98 Å². The number of nitrogens with zero attached hydrogens (tertiary/aromatic N) is 1. The lowest BCUT2D eigenvalue weighted by Crippen LogP contribution is -2.08. The smallest absolute Gasteiger partial charge is 0.0962 e. The van der Waals surface area contributed by atoms with E-state index >= 15 is 0 Å². The minimum absolute atomic E-state index is 0.832. The van der Waals surface area contributed by atoms with Crippen LogP contribution in [0.1, 0.15) is 49.2 Å². The predicted octanol–water partition coefficient (Wildman–Crippen LogP) is 3.61. The highest BCUT2D eigenvalue weighted by atomic mass is 32.1. The van der Waals surface area contributed by atoms with Crippen molar-refractivity contribution in [2.24, 2.45) is 11.8 Å². The highest BCUT2D eigenvalue weighted by Gasteiger charge is 2.41. The molecule has 76 valence electrons. The lowest BCUT2D eigenvalue weighted by molar-refractivity contribution is 0.418. The summed E-state index contributed by atoms with van der Waals surface area (Å²) in [6.45, 7) is 2.19.